The largest absolute Gasteiger partial charge is 0.451 e. The highest BCUT2D eigenvalue weighted by atomic mass is 16.6. The fraction of sp³-hybridized carbons (Fsp3) is 0.172. The average Bonchev–Trinajstić information content (AvgIpc) is 3.22. The number of pyridine rings is 1. The van der Waals surface area contributed by atoms with E-state index in [1.165, 1.54) is 18.6 Å². The van der Waals surface area contributed by atoms with Crippen LogP contribution in [0.2, 0.25) is 0 Å². The van der Waals surface area contributed by atoms with Gasteiger partial charge in [0.1, 0.15) is 17.0 Å². The minimum atomic E-state index is -0.788. The normalized spacial score (nSPS) is 13.9. The number of esters is 1. The Labute approximate surface area is 235 Å². The number of carbonyl (C=O) groups excluding carboxylic acids is 3. The number of hydrogen-bond donors (Lipinski definition) is 5. The summed E-state index contributed by atoms with van der Waals surface area (Å²) in [6.07, 6.45) is 4.19. The van der Waals surface area contributed by atoms with E-state index in [4.69, 9.17) is 4.74 Å². The number of nitrogens with zero attached hydrogens (tertiary/aromatic N) is 3. The molecular weight excluding hydrogens is 526 g/mol. The highest BCUT2D eigenvalue weighted by molar-refractivity contribution is 6.01. The lowest BCUT2D eigenvalue weighted by molar-refractivity contribution is 0.00952. The minimum Gasteiger partial charge on any atom is -0.451 e. The first-order valence-electron chi connectivity index (χ1n) is 12.7. The van der Waals surface area contributed by atoms with Crippen molar-refractivity contribution in [2.75, 3.05) is 17.2 Å². The van der Waals surface area contributed by atoms with Crippen molar-refractivity contribution in [3.63, 3.8) is 0 Å². The maximum absolute atomic E-state index is 13.1. The zero-order chi connectivity index (χ0) is 29.0. The fourth-order valence-electron chi connectivity index (χ4n) is 4.32. The highest BCUT2D eigenvalue weighted by Gasteiger charge is 2.37. The van der Waals surface area contributed by atoms with Crippen LogP contribution in [0, 0.1) is 0 Å². The van der Waals surface area contributed by atoms with Gasteiger partial charge in [0.15, 0.2) is 0 Å². The van der Waals surface area contributed by atoms with Crippen LogP contribution in [-0.2, 0) is 10.3 Å². The quantitative estimate of drug-likeness (QED) is 0.161. The maximum atomic E-state index is 13.1. The molecule has 2 aromatic heterocycles. The number of carbonyl (C=O) groups is 3. The second-order valence-corrected chi connectivity index (χ2v) is 9.68. The molecule has 1 aliphatic rings. The first-order valence-corrected chi connectivity index (χ1v) is 12.7. The van der Waals surface area contributed by atoms with Crippen LogP contribution >= 0.6 is 0 Å². The summed E-state index contributed by atoms with van der Waals surface area (Å²) in [5.74, 6) is -1.37. The van der Waals surface area contributed by atoms with Crippen molar-refractivity contribution in [2.45, 2.75) is 25.5 Å². The molecule has 0 fully saturated rings. The predicted octanol–water partition coefficient (Wildman–Crippen LogP) is 3.24. The van der Waals surface area contributed by atoms with Gasteiger partial charge in [-0.05, 0) is 49.7 Å². The van der Waals surface area contributed by atoms with Crippen LogP contribution < -0.4 is 21.5 Å². The Morgan fingerprint density at radius 3 is 2.51 bits per heavy atom. The number of fused-ring (bicyclic) bond motifs is 1. The van der Waals surface area contributed by atoms with Gasteiger partial charge in [0, 0.05) is 29.8 Å². The van der Waals surface area contributed by atoms with E-state index < -0.39 is 23.5 Å². The Morgan fingerprint density at radius 1 is 1.00 bits per heavy atom. The molecule has 0 bridgehead atoms. The van der Waals surface area contributed by atoms with Gasteiger partial charge in [-0.3, -0.25) is 25.4 Å². The zero-order valence-corrected chi connectivity index (χ0v) is 22.2. The summed E-state index contributed by atoms with van der Waals surface area (Å²) in [4.78, 5) is 50.4. The van der Waals surface area contributed by atoms with Crippen LogP contribution in [-0.4, -0.2) is 44.4 Å². The molecule has 1 atom stereocenters. The Balaban J connectivity index is 1.42. The molecule has 5 N–H and O–H groups in total. The third-order valence-corrected chi connectivity index (χ3v) is 6.43. The van der Waals surface area contributed by atoms with E-state index in [1.54, 1.807) is 44.2 Å². The van der Waals surface area contributed by atoms with Gasteiger partial charge < -0.3 is 20.5 Å². The van der Waals surface area contributed by atoms with Crippen molar-refractivity contribution in [3.05, 3.63) is 107 Å². The zero-order valence-electron chi connectivity index (χ0n) is 22.2. The fourth-order valence-corrected chi connectivity index (χ4v) is 4.32. The molecule has 0 saturated carbocycles. The number of anilines is 3. The number of amides is 2. The maximum Gasteiger partial charge on any atom is 0.339 e. The number of benzene rings is 2. The molecule has 3 heterocycles. The van der Waals surface area contributed by atoms with Gasteiger partial charge in [-0.25, -0.2) is 9.78 Å². The molecule has 0 saturated heterocycles. The monoisotopic (exact) mass is 553 g/mol. The average molecular weight is 554 g/mol. The van der Waals surface area contributed by atoms with Crippen molar-refractivity contribution in [1.82, 2.24) is 25.8 Å². The smallest absolute Gasteiger partial charge is 0.339 e. The molecule has 208 valence electrons. The summed E-state index contributed by atoms with van der Waals surface area (Å²) >= 11 is 0. The first-order chi connectivity index (χ1) is 19.7. The van der Waals surface area contributed by atoms with Gasteiger partial charge in [0.2, 0.25) is 5.95 Å². The lowest BCUT2D eigenvalue weighted by atomic mass is 9.95. The Hall–Kier alpha value is -5.36. The third-order valence-electron chi connectivity index (χ3n) is 6.43. The summed E-state index contributed by atoms with van der Waals surface area (Å²) < 4.78 is 5.44. The molecule has 2 aromatic carbocycles. The Kier molecular flexibility index (Phi) is 7.57. The topological polar surface area (TPSA) is 167 Å². The molecule has 0 radical (unpaired) electrons. The van der Waals surface area contributed by atoms with E-state index in [2.05, 4.69) is 36.4 Å². The summed E-state index contributed by atoms with van der Waals surface area (Å²) in [5.41, 5.74) is 6.77. The predicted molar refractivity (Wildman–Crippen MR) is 149 cm³/mol. The van der Waals surface area contributed by atoms with Crippen molar-refractivity contribution in [2.24, 2.45) is 0 Å². The summed E-state index contributed by atoms with van der Waals surface area (Å²) in [7, 11) is 0. The number of aromatic nitrogens is 3. The van der Waals surface area contributed by atoms with Crippen molar-refractivity contribution in [3.8, 4) is 0 Å². The summed E-state index contributed by atoms with van der Waals surface area (Å²) in [5, 5.41) is 16.3. The standard InChI is InChI=1S/C29H27N7O5/c1-29(2)22-13-19(10-11-20(22)27(40)41-29)32-28-31-15-21(26(39)36-35-25(38)18-9-6-12-30-14-18)24(34-28)33-23(16-37)17-7-4-3-5-8-17/h3-15,23,37H,16H2,1-2H3,(H,35,38)(H,36,39)(H2,31,32,33,34)/t23-/m1/s1. The molecule has 4 aromatic rings. The van der Waals surface area contributed by atoms with Crippen LogP contribution in [0.4, 0.5) is 17.5 Å². The molecule has 0 aliphatic carbocycles. The number of ether oxygens (including phenoxy) is 1. The number of rotatable bonds is 8. The van der Waals surface area contributed by atoms with Gasteiger partial charge >= 0.3 is 5.97 Å². The van der Waals surface area contributed by atoms with Crippen LogP contribution in [0.15, 0.2) is 79.3 Å². The van der Waals surface area contributed by atoms with E-state index in [9.17, 15) is 19.5 Å². The number of nitrogens with one attached hydrogen (secondary N) is 4. The molecule has 41 heavy (non-hydrogen) atoms. The van der Waals surface area contributed by atoms with E-state index in [1.807, 2.05) is 30.3 Å². The summed E-state index contributed by atoms with van der Waals surface area (Å²) in [6, 6.07) is 16.9. The molecule has 2 amide bonds. The van der Waals surface area contributed by atoms with E-state index in [0.717, 1.165) is 11.1 Å². The second kappa shape index (κ2) is 11.4. The van der Waals surface area contributed by atoms with Gasteiger partial charge in [-0.15, -0.1) is 0 Å². The Bertz CT molecular complexity index is 1600. The molecule has 0 spiro atoms. The molecule has 12 nitrogen and oxygen atoms in total. The molecule has 12 heteroatoms. The van der Waals surface area contributed by atoms with E-state index in [0.29, 0.717) is 11.3 Å². The highest BCUT2D eigenvalue weighted by Crippen LogP contribution is 2.37. The van der Waals surface area contributed by atoms with Gasteiger partial charge in [-0.2, -0.15) is 4.98 Å². The third kappa shape index (κ3) is 5.97. The van der Waals surface area contributed by atoms with Crippen LogP contribution in [0.5, 0.6) is 0 Å². The molecule has 5 rings (SSSR count). The number of aliphatic hydroxyl groups is 1. The molecule has 1 aliphatic heterocycles. The molecular formula is C29H27N7O5. The van der Waals surface area contributed by atoms with Crippen LogP contribution in [0.25, 0.3) is 0 Å². The first kappa shape index (κ1) is 27.2. The number of hydrazine groups is 1. The van der Waals surface area contributed by atoms with E-state index in [-0.39, 0.29) is 35.5 Å². The summed E-state index contributed by atoms with van der Waals surface area (Å²) in [6.45, 7) is 3.32. The van der Waals surface area contributed by atoms with Gasteiger partial charge in [0.25, 0.3) is 11.8 Å². The van der Waals surface area contributed by atoms with E-state index >= 15 is 0 Å². The number of cyclic esters (lactones) is 1. The lowest BCUT2D eigenvalue weighted by Gasteiger charge is -2.20. The lowest BCUT2D eigenvalue weighted by Crippen LogP contribution is -2.42. The van der Waals surface area contributed by atoms with Crippen molar-refractivity contribution in [1.29, 1.82) is 0 Å². The second-order valence-electron chi connectivity index (χ2n) is 9.68. The van der Waals surface area contributed by atoms with Crippen LogP contribution in [0.3, 0.4) is 0 Å². The van der Waals surface area contributed by atoms with Gasteiger partial charge in [0.05, 0.1) is 23.8 Å². The van der Waals surface area contributed by atoms with Crippen LogP contribution in [0.1, 0.15) is 62.1 Å². The SMILES string of the molecule is CC1(C)OC(=O)c2ccc(Nc3ncc(C(=O)NNC(=O)c4cccnc4)c(N[C@H](CO)c4ccccc4)n3)cc21. The minimum absolute atomic E-state index is 0.0190. The van der Waals surface area contributed by atoms with Crippen molar-refractivity contribution >= 4 is 35.2 Å². The number of hydrogen-bond acceptors (Lipinski definition) is 10. The molecule has 0 unspecified atom stereocenters. The number of aliphatic hydroxyl groups excluding tert-OH is 1. The Morgan fingerprint density at radius 2 is 1.78 bits per heavy atom. The van der Waals surface area contributed by atoms with Crippen molar-refractivity contribution < 1.29 is 24.2 Å². The van der Waals surface area contributed by atoms with Gasteiger partial charge in [-0.1, -0.05) is 30.3 Å².